The monoisotopic (exact) mass is 613 g/mol. The molecule has 0 radical (unpaired) electrons. The summed E-state index contributed by atoms with van der Waals surface area (Å²) in [7, 11) is 0. The molecule has 1 fully saturated rings. The number of rotatable bonds is 7. The molecule has 2 aromatic carbocycles. The van der Waals surface area contributed by atoms with E-state index in [9.17, 15) is 19.5 Å². The minimum atomic E-state index is -1.35. The highest BCUT2D eigenvalue weighted by atomic mass is 16.6. The molecule has 12 heteroatoms. The van der Waals surface area contributed by atoms with E-state index in [-0.39, 0.29) is 37.5 Å². The molecule has 2 bridgehead atoms. The number of carbonyl (C=O) groups excluding carboxylic acids is 3. The van der Waals surface area contributed by atoms with E-state index in [1.54, 1.807) is 5.32 Å². The average Bonchev–Trinajstić information content (AvgIpc) is 3.52. The van der Waals surface area contributed by atoms with Crippen LogP contribution in [0.3, 0.4) is 0 Å². The number of hydrogen-bond donors (Lipinski definition) is 5. The predicted octanol–water partition coefficient (Wildman–Crippen LogP) is 0.272. The van der Waals surface area contributed by atoms with Crippen molar-refractivity contribution in [2.75, 3.05) is 39.6 Å². The number of benzene rings is 2. The van der Waals surface area contributed by atoms with Gasteiger partial charge in [0.1, 0.15) is 37.2 Å². The first-order valence-corrected chi connectivity index (χ1v) is 15.3. The molecule has 1 saturated heterocycles. The second-order valence-corrected chi connectivity index (χ2v) is 11.4. The second-order valence-electron chi connectivity index (χ2n) is 11.4. The first-order chi connectivity index (χ1) is 21.3. The van der Waals surface area contributed by atoms with Crippen LogP contribution in [0.1, 0.15) is 31.4 Å². The predicted molar refractivity (Wildman–Crippen MR) is 161 cm³/mol. The van der Waals surface area contributed by atoms with Crippen LogP contribution in [0.5, 0.6) is 5.75 Å². The Balaban J connectivity index is 1.59. The third kappa shape index (κ3) is 10.2. The molecule has 3 amide bonds. The van der Waals surface area contributed by atoms with E-state index in [2.05, 4.69) is 16.0 Å². The average molecular weight is 614 g/mol. The van der Waals surface area contributed by atoms with Crippen LogP contribution in [0, 0.1) is 5.92 Å². The summed E-state index contributed by atoms with van der Waals surface area (Å²) in [5.41, 5.74) is 1.75. The van der Waals surface area contributed by atoms with Crippen LogP contribution in [0.15, 0.2) is 54.6 Å². The number of ether oxygens (including phenoxy) is 4. The molecule has 3 heterocycles. The van der Waals surface area contributed by atoms with Crippen LogP contribution in [-0.2, 0) is 36.8 Å². The number of carbonyl (C=O) groups is 3. The van der Waals surface area contributed by atoms with Crippen LogP contribution in [0.25, 0.3) is 0 Å². The number of hydrogen-bond acceptors (Lipinski definition) is 8. The van der Waals surface area contributed by atoms with Crippen molar-refractivity contribution in [2.24, 2.45) is 5.92 Å². The molecule has 2 aromatic rings. The van der Waals surface area contributed by atoms with Gasteiger partial charge in [-0.2, -0.15) is 0 Å². The van der Waals surface area contributed by atoms with Gasteiger partial charge in [0.05, 0.1) is 32.5 Å². The van der Waals surface area contributed by atoms with Gasteiger partial charge in [-0.15, -0.1) is 0 Å². The minimum Gasteiger partial charge on any atom is -0.491 e. The maximum absolute atomic E-state index is 13.9. The lowest BCUT2D eigenvalue weighted by Gasteiger charge is -2.30. The van der Waals surface area contributed by atoms with E-state index >= 15 is 0 Å². The van der Waals surface area contributed by atoms with Gasteiger partial charge in [-0.25, -0.2) is 4.79 Å². The summed E-state index contributed by atoms with van der Waals surface area (Å²) in [6.45, 7) is 6.13. The van der Waals surface area contributed by atoms with E-state index in [0.717, 1.165) is 11.1 Å². The molecule has 240 valence electrons. The molecule has 5 rings (SSSR count). The number of nitrogens with one attached hydrogen (secondary N) is 3. The summed E-state index contributed by atoms with van der Waals surface area (Å²) in [6, 6.07) is 14.1. The van der Waals surface area contributed by atoms with Crippen molar-refractivity contribution in [1.82, 2.24) is 16.0 Å². The third-order valence-corrected chi connectivity index (χ3v) is 7.67. The molecular formula is C32H45N4O8+. The van der Waals surface area contributed by atoms with Gasteiger partial charge in [-0.3, -0.25) is 9.59 Å². The summed E-state index contributed by atoms with van der Waals surface area (Å²) < 4.78 is 22.1. The first-order valence-electron chi connectivity index (χ1n) is 15.3. The zero-order chi connectivity index (χ0) is 31.3. The van der Waals surface area contributed by atoms with Crippen LogP contribution in [0.4, 0.5) is 4.79 Å². The number of quaternary nitrogens is 1. The maximum Gasteiger partial charge on any atom is 0.407 e. The van der Waals surface area contributed by atoms with Gasteiger partial charge in [0.15, 0.2) is 6.04 Å². The van der Waals surface area contributed by atoms with E-state index < -0.39 is 36.2 Å². The standard InChI is InChI=1S/C32H44N4O8/c1-21(2)27-30(38)33-13-15-41-16-17-43-24-10-8-23(9-11-24)19-34-28(31(39)36-27)29(37)26(18-22-6-4-3-5-7-22)35-32(40)44-25-12-14-42-20-25/h3-11,21,25-29,34,37H,12-20H2,1-2H3,(H,33,38)(H,35,40)(H,36,39)/p+1. The van der Waals surface area contributed by atoms with Crippen LogP contribution >= 0.6 is 0 Å². The highest BCUT2D eigenvalue weighted by molar-refractivity contribution is 5.89. The van der Waals surface area contributed by atoms with Crippen molar-refractivity contribution in [3.63, 3.8) is 0 Å². The summed E-state index contributed by atoms with van der Waals surface area (Å²) in [5.74, 6) is -0.426. The Morgan fingerprint density at radius 1 is 1.02 bits per heavy atom. The van der Waals surface area contributed by atoms with Gasteiger partial charge in [0.25, 0.3) is 5.91 Å². The highest BCUT2D eigenvalue weighted by Gasteiger charge is 2.39. The van der Waals surface area contributed by atoms with Gasteiger partial charge in [-0.1, -0.05) is 44.2 Å². The summed E-state index contributed by atoms with van der Waals surface area (Å²) >= 11 is 0. The van der Waals surface area contributed by atoms with Crippen LogP contribution in [-0.4, -0.2) is 92.9 Å². The lowest BCUT2D eigenvalue weighted by atomic mass is 9.94. The molecule has 3 aliphatic rings. The van der Waals surface area contributed by atoms with Gasteiger partial charge in [0, 0.05) is 18.5 Å². The molecule has 3 aliphatic heterocycles. The molecular weight excluding hydrogens is 568 g/mol. The fourth-order valence-electron chi connectivity index (χ4n) is 5.17. The quantitative estimate of drug-likeness (QED) is 0.278. The van der Waals surface area contributed by atoms with Crippen LogP contribution in [0.2, 0.25) is 0 Å². The number of alkyl carbamates (subject to hydrolysis) is 1. The Kier molecular flexibility index (Phi) is 12.8. The highest BCUT2D eigenvalue weighted by Crippen LogP contribution is 2.14. The molecule has 44 heavy (non-hydrogen) atoms. The first kappa shape index (κ1) is 33.2. The number of nitrogens with two attached hydrogens (primary N) is 1. The Labute approximate surface area is 258 Å². The van der Waals surface area contributed by atoms with E-state index in [1.807, 2.05) is 68.4 Å². The molecule has 6 N–H and O–H groups in total. The van der Waals surface area contributed by atoms with Gasteiger partial charge >= 0.3 is 6.09 Å². The van der Waals surface area contributed by atoms with Crippen molar-refractivity contribution in [1.29, 1.82) is 0 Å². The summed E-state index contributed by atoms with van der Waals surface area (Å²) in [4.78, 5) is 39.9. The maximum atomic E-state index is 13.9. The largest absolute Gasteiger partial charge is 0.491 e. The zero-order valence-corrected chi connectivity index (χ0v) is 25.4. The van der Waals surface area contributed by atoms with Gasteiger partial charge < -0.3 is 45.3 Å². The number of aliphatic hydroxyl groups excluding tert-OH is 1. The molecule has 0 aliphatic carbocycles. The molecule has 5 unspecified atom stereocenters. The van der Waals surface area contributed by atoms with Crippen molar-refractivity contribution < 1.29 is 43.8 Å². The second kappa shape index (κ2) is 17.0. The van der Waals surface area contributed by atoms with Crippen molar-refractivity contribution in [3.8, 4) is 5.75 Å². The Bertz CT molecular complexity index is 1190. The number of amides is 3. The normalized spacial score (nSPS) is 23.4. The Morgan fingerprint density at radius 2 is 1.80 bits per heavy atom. The zero-order valence-electron chi connectivity index (χ0n) is 25.4. The van der Waals surface area contributed by atoms with Crippen molar-refractivity contribution in [2.45, 2.75) is 63.6 Å². The smallest absolute Gasteiger partial charge is 0.407 e. The molecule has 5 atom stereocenters. The molecule has 0 spiro atoms. The SMILES string of the molecule is CC(C)C1NC(=O)C(C(O)C(Cc2ccccc2)NC(=O)OC2CCOC2)[NH2+]Cc2ccc(cc2)OCCOCCNC1=O. The van der Waals surface area contributed by atoms with Gasteiger partial charge in [0.2, 0.25) is 5.91 Å². The topological polar surface area (TPSA) is 161 Å². The van der Waals surface area contributed by atoms with E-state index in [1.165, 1.54) is 0 Å². The van der Waals surface area contributed by atoms with E-state index in [0.29, 0.717) is 45.1 Å². The minimum absolute atomic E-state index is 0.231. The number of fused-ring (bicyclic) bond motifs is 15. The summed E-state index contributed by atoms with van der Waals surface area (Å²) in [5, 5.41) is 22.0. The molecule has 0 aromatic heterocycles. The number of aliphatic hydroxyl groups is 1. The van der Waals surface area contributed by atoms with E-state index in [4.69, 9.17) is 18.9 Å². The molecule has 12 nitrogen and oxygen atoms in total. The fourth-order valence-corrected chi connectivity index (χ4v) is 5.17. The van der Waals surface area contributed by atoms with Crippen molar-refractivity contribution in [3.05, 3.63) is 65.7 Å². The summed E-state index contributed by atoms with van der Waals surface area (Å²) in [6.07, 6.45) is -1.58. The van der Waals surface area contributed by atoms with Gasteiger partial charge in [-0.05, 0) is 42.2 Å². The molecule has 0 saturated carbocycles. The lowest BCUT2D eigenvalue weighted by Crippen LogP contribution is -2.95. The third-order valence-electron chi connectivity index (χ3n) is 7.67. The Morgan fingerprint density at radius 3 is 2.50 bits per heavy atom. The van der Waals surface area contributed by atoms with Crippen molar-refractivity contribution >= 4 is 17.9 Å². The lowest BCUT2D eigenvalue weighted by molar-refractivity contribution is -0.699. The Hall–Kier alpha value is -3.71. The fraction of sp³-hybridized carbons (Fsp3) is 0.531. The van der Waals surface area contributed by atoms with Crippen LogP contribution < -0.4 is 26.0 Å².